The topological polar surface area (TPSA) is 147 Å². The molecule has 14 nitrogen and oxygen atoms in total. The third kappa shape index (κ3) is 18.9. The normalized spacial score (nSPS) is 14.5. The van der Waals surface area contributed by atoms with Crippen molar-refractivity contribution in [3.8, 4) is 0 Å². The Morgan fingerprint density at radius 1 is 0.900 bits per heavy atom. The maximum absolute atomic E-state index is 14.6. The van der Waals surface area contributed by atoms with E-state index >= 15 is 0 Å². The van der Waals surface area contributed by atoms with E-state index in [9.17, 15) is 23.2 Å². The molecular weight excluding hydrogens is 682 g/mol. The van der Waals surface area contributed by atoms with Crippen LogP contribution in [0.15, 0.2) is 23.3 Å². The number of nitrogens with one attached hydrogen (secondary N) is 1. The van der Waals surface area contributed by atoms with E-state index in [0.717, 1.165) is 36.2 Å². The van der Waals surface area contributed by atoms with Crippen molar-refractivity contribution in [2.24, 2.45) is 5.10 Å². The summed E-state index contributed by atoms with van der Waals surface area (Å²) in [5.41, 5.74) is -0.659. The van der Waals surface area contributed by atoms with E-state index in [0.29, 0.717) is 98.5 Å². The van der Waals surface area contributed by atoms with Crippen LogP contribution < -0.4 is 5.32 Å². The number of carbonyl (C=O) groups is 3. The van der Waals surface area contributed by atoms with Crippen molar-refractivity contribution in [1.29, 1.82) is 0 Å². The molecule has 2 rings (SSSR count). The number of urea groups is 1. The van der Waals surface area contributed by atoms with E-state index in [1.54, 1.807) is 27.8 Å². The number of ether oxygens (including phenoxy) is 7. The first-order chi connectivity index (χ1) is 24.0. The van der Waals surface area contributed by atoms with Crippen LogP contribution in [0, 0.1) is 11.6 Å². The second-order valence-corrected chi connectivity index (χ2v) is 13.0. The van der Waals surface area contributed by atoms with Gasteiger partial charge >= 0.3 is 12.1 Å². The summed E-state index contributed by atoms with van der Waals surface area (Å²) in [5, 5.41) is 8.00. The smallest absolute Gasteiger partial charge is 0.407 e. The molecule has 50 heavy (non-hydrogen) atoms. The molecule has 1 aromatic carbocycles. The van der Waals surface area contributed by atoms with Crippen LogP contribution in [0.2, 0.25) is 0 Å². The largest absolute Gasteiger partial charge is 0.444 e. The third-order valence-electron chi connectivity index (χ3n) is 6.51. The van der Waals surface area contributed by atoms with Crippen LogP contribution in [-0.4, -0.2) is 144 Å². The molecule has 1 aromatic rings. The number of hydrogen-bond acceptors (Lipinski definition) is 12. The SMILES string of the molecule is CN(CCOCCOCCOCCOCCOCCOCCC=O)C(=O)N1N=C(c2cc(F)ccc2F)SC1CCCNC(=O)OC(C)(C)C. The zero-order valence-corrected chi connectivity index (χ0v) is 30.3. The lowest BCUT2D eigenvalue weighted by atomic mass is 10.2. The lowest BCUT2D eigenvalue weighted by Gasteiger charge is -2.26. The minimum atomic E-state index is -0.647. The molecule has 0 fully saturated rings. The van der Waals surface area contributed by atoms with Crippen LogP contribution in [-0.2, 0) is 38.0 Å². The summed E-state index contributed by atoms with van der Waals surface area (Å²) >= 11 is 1.16. The molecule has 17 heteroatoms. The summed E-state index contributed by atoms with van der Waals surface area (Å²) in [6.45, 7) is 10.6. The van der Waals surface area contributed by atoms with Gasteiger partial charge in [-0.2, -0.15) is 5.10 Å². The van der Waals surface area contributed by atoms with Gasteiger partial charge in [-0.15, -0.1) is 0 Å². The molecule has 3 amide bonds. The van der Waals surface area contributed by atoms with E-state index in [2.05, 4.69) is 10.4 Å². The number of hydrazone groups is 1. The highest BCUT2D eigenvalue weighted by molar-refractivity contribution is 8.15. The van der Waals surface area contributed by atoms with E-state index in [-0.39, 0.29) is 23.8 Å². The Balaban J connectivity index is 1.63. The van der Waals surface area contributed by atoms with Gasteiger partial charge in [0.05, 0.1) is 79.3 Å². The summed E-state index contributed by atoms with van der Waals surface area (Å²) in [5.74, 6) is -1.26. The number of hydrogen-bond donors (Lipinski definition) is 1. The molecule has 0 bridgehead atoms. The molecule has 1 N–H and O–H groups in total. The van der Waals surface area contributed by atoms with Gasteiger partial charge in [-0.3, -0.25) is 0 Å². The lowest BCUT2D eigenvalue weighted by Crippen LogP contribution is -2.42. The number of likely N-dealkylation sites (N-methyl/N-ethyl adjacent to an activating group) is 1. The van der Waals surface area contributed by atoms with E-state index in [1.165, 1.54) is 9.91 Å². The third-order valence-corrected chi connectivity index (χ3v) is 7.74. The number of aldehydes is 1. The van der Waals surface area contributed by atoms with Crippen molar-refractivity contribution in [2.45, 2.75) is 51.0 Å². The standard InChI is InChI=1S/C33H52F2N4O10S/c1-33(2,3)49-31(41)36-10-5-7-29-39(37-30(50-29)27-25-26(34)8-9-28(27)35)32(42)38(4)11-14-44-16-18-46-20-22-48-24-23-47-21-19-45-17-15-43-13-6-12-40/h8-9,12,25,29H,5-7,10-11,13-24H2,1-4H3,(H,36,41). The number of halogens is 2. The molecule has 284 valence electrons. The molecule has 0 aromatic heterocycles. The van der Waals surface area contributed by atoms with Gasteiger partial charge < -0.3 is 48.2 Å². The van der Waals surface area contributed by atoms with Crippen LogP contribution >= 0.6 is 11.8 Å². The highest BCUT2D eigenvalue weighted by atomic mass is 32.2. The van der Waals surface area contributed by atoms with Crippen molar-refractivity contribution in [1.82, 2.24) is 15.2 Å². The van der Waals surface area contributed by atoms with Crippen molar-refractivity contribution in [3.05, 3.63) is 35.4 Å². The molecule has 1 aliphatic heterocycles. The Morgan fingerprint density at radius 3 is 1.98 bits per heavy atom. The number of carbonyl (C=O) groups excluding carboxylic acids is 3. The van der Waals surface area contributed by atoms with Crippen molar-refractivity contribution in [2.75, 3.05) is 99.4 Å². The fourth-order valence-corrected chi connectivity index (χ4v) is 5.27. The van der Waals surface area contributed by atoms with Gasteiger partial charge in [-0.25, -0.2) is 23.4 Å². The zero-order chi connectivity index (χ0) is 36.6. The van der Waals surface area contributed by atoms with E-state index in [4.69, 9.17) is 33.2 Å². The molecule has 1 heterocycles. The lowest BCUT2D eigenvalue weighted by molar-refractivity contribution is -0.109. The van der Waals surface area contributed by atoms with Crippen molar-refractivity contribution in [3.63, 3.8) is 0 Å². The summed E-state index contributed by atoms with van der Waals surface area (Å²) in [6, 6.07) is 2.66. The first-order valence-corrected chi connectivity index (χ1v) is 17.5. The van der Waals surface area contributed by atoms with Gasteiger partial charge in [0.25, 0.3) is 0 Å². The summed E-state index contributed by atoms with van der Waals surface area (Å²) < 4.78 is 66.3. The molecule has 0 radical (unpaired) electrons. The van der Waals surface area contributed by atoms with Crippen LogP contribution in [0.5, 0.6) is 0 Å². The number of amides is 3. The minimum absolute atomic E-state index is 0.0280. The summed E-state index contributed by atoms with van der Waals surface area (Å²) in [7, 11) is 1.60. The van der Waals surface area contributed by atoms with Crippen LogP contribution in [0.1, 0.15) is 45.6 Å². The average Bonchev–Trinajstić information content (AvgIpc) is 3.49. The summed E-state index contributed by atoms with van der Waals surface area (Å²) in [6.07, 6.45) is 1.56. The number of thioether (sulfide) groups is 1. The van der Waals surface area contributed by atoms with Crippen LogP contribution in [0.3, 0.4) is 0 Å². The molecule has 0 spiro atoms. The van der Waals surface area contributed by atoms with Gasteiger partial charge in [-0.1, -0.05) is 11.8 Å². The summed E-state index contributed by atoms with van der Waals surface area (Å²) in [4.78, 5) is 37.0. The average molecular weight is 735 g/mol. The molecule has 0 saturated heterocycles. The Labute approximate surface area is 297 Å². The Morgan fingerprint density at radius 2 is 1.44 bits per heavy atom. The maximum atomic E-state index is 14.6. The molecule has 1 aliphatic rings. The highest BCUT2D eigenvalue weighted by Crippen LogP contribution is 2.34. The van der Waals surface area contributed by atoms with Crippen LogP contribution in [0.25, 0.3) is 0 Å². The quantitative estimate of drug-likeness (QED) is 0.109. The molecule has 1 unspecified atom stereocenters. The van der Waals surface area contributed by atoms with E-state index in [1.807, 2.05) is 0 Å². The first-order valence-electron chi connectivity index (χ1n) is 16.6. The van der Waals surface area contributed by atoms with Crippen molar-refractivity contribution < 1.29 is 56.3 Å². The molecule has 0 aliphatic carbocycles. The zero-order valence-electron chi connectivity index (χ0n) is 29.5. The second-order valence-electron chi connectivity index (χ2n) is 11.9. The van der Waals surface area contributed by atoms with Gasteiger partial charge in [0.15, 0.2) is 0 Å². The predicted octanol–water partition coefficient (Wildman–Crippen LogP) is 4.05. The molecule has 0 saturated carbocycles. The number of nitrogens with zero attached hydrogens (tertiary/aromatic N) is 3. The fourth-order valence-electron chi connectivity index (χ4n) is 4.08. The number of rotatable bonds is 26. The van der Waals surface area contributed by atoms with Crippen molar-refractivity contribution >= 4 is 35.2 Å². The first kappa shape index (κ1) is 43.2. The van der Waals surface area contributed by atoms with Gasteiger partial charge in [0.1, 0.15) is 33.9 Å². The molecular formula is C33H52F2N4O10S. The maximum Gasteiger partial charge on any atom is 0.407 e. The van der Waals surface area contributed by atoms with Gasteiger partial charge in [0, 0.05) is 32.1 Å². The predicted molar refractivity (Wildman–Crippen MR) is 183 cm³/mol. The molecule has 1 atom stereocenters. The van der Waals surface area contributed by atoms with E-state index < -0.39 is 34.7 Å². The Hall–Kier alpha value is -2.93. The minimum Gasteiger partial charge on any atom is -0.444 e. The van der Waals surface area contributed by atoms with Crippen LogP contribution in [0.4, 0.5) is 18.4 Å². The second kappa shape index (κ2) is 25.1. The fraction of sp³-hybridized carbons (Fsp3) is 0.697. The van der Waals surface area contributed by atoms with Gasteiger partial charge in [0.2, 0.25) is 0 Å². The number of benzene rings is 1. The Kier molecular flexibility index (Phi) is 21.7. The highest BCUT2D eigenvalue weighted by Gasteiger charge is 2.35. The van der Waals surface area contributed by atoms with Gasteiger partial charge in [-0.05, 0) is 51.8 Å². The number of alkyl carbamates (subject to hydrolysis) is 1. The Bertz CT molecular complexity index is 1180. The monoisotopic (exact) mass is 734 g/mol.